The zero-order chi connectivity index (χ0) is 10.4. The Bertz CT molecular complexity index is 142. The quantitative estimate of drug-likeness (QED) is 0.734. The summed E-state index contributed by atoms with van der Waals surface area (Å²) in [7, 11) is 1.75. The van der Waals surface area contributed by atoms with Crippen LogP contribution >= 0.6 is 0 Å². The van der Waals surface area contributed by atoms with Gasteiger partial charge >= 0.3 is 0 Å². The van der Waals surface area contributed by atoms with E-state index in [-0.39, 0.29) is 12.1 Å². The van der Waals surface area contributed by atoms with E-state index in [2.05, 4.69) is 6.92 Å². The Balaban J connectivity index is 2.26. The van der Waals surface area contributed by atoms with E-state index in [9.17, 15) is 0 Å². The largest absolute Gasteiger partial charge is 0.381 e. The SMILES string of the molecule is CCC(OC)C(N)CC1CCOCC1. The molecule has 0 aromatic heterocycles. The first-order chi connectivity index (χ1) is 6.77. The molecule has 0 spiro atoms. The van der Waals surface area contributed by atoms with Gasteiger partial charge in [0, 0.05) is 26.4 Å². The molecule has 1 saturated heterocycles. The molecule has 1 rings (SSSR count). The highest BCUT2D eigenvalue weighted by molar-refractivity contribution is 4.77. The summed E-state index contributed by atoms with van der Waals surface area (Å²) < 4.78 is 10.7. The van der Waals surface area contributed by atoms with Crippen LogP contribution in [-0.4, -0.2) is 32.5 Å². The van der Waals surface area contributed by atoms with E-state index >= 15 is 0 Å². The Labute approximate surface area is 86.9 Å². The van der Waals surface area contributed by atoms with Gasteiger partial charge in [-0.15, -0.1) is 0 Å². The minimum Gasteiger partial charge on any atom is -0.381 e. The Kier molecular flexibility index (Phi) is 5.45. The van der Waals surface area contributed by atoms with Crippen molar-refractivity contribution in [3.05, 3.63) is 0 Å². The van der Waals surface area contributed by atoms with Crippen LogP contribution in [0.2, 0.25) is 0 Å². The molecule has 0 aromatic rings. The van der Waals surface area contributed by atoms with Gasteiger partial charge < -0.3 is 15.2 Å². The van der Waals surface area contributed by atoms with Gasteiger partial charge in [-0.1, -0.05) is 6.92 Å². The van der Waals surface area contributed by atoms with Crippen LogP contribution in [0.3, 0.4) is 0 Å². The normalized spacial score (nSPS) is 23.4. The van der Waals surface area contributed by atoms with Crippen LogP contribution in [0.4, 0.5) is 0 Å². The van der Waals surface area contributed by atoms with Gasteiger partial charge in [0.15, 0.2) is 0 Å². The first-order valence-electron chi connectivity index (χ1n) is 5.64. The van der Waals surface area contributed by atoms with Gasteiger partial charge in [-0.2, -0.15) is 0 Å². The lowest BCUT2D eigenvalue weighted by molar-refractivity contribution is 0.0394. The second-order valence-corrected chi connectivity index (χ2v) is 4.14. The van der Waals surface area contributed by atoms with Crippen molar-refractivity contribution >= 4 is 0 Å². The minimum atomic E-state index is 0.188. The number of hydrogen-bond donors (Lipinski definition) is 1. The van der Waals surface area contributed by atoms with E-state index in [0.29, 0.717) is 0 Å². The van der Waals surface area contributed by atoms with Gasteiger partial charge in [-0.05, 0) is 31.6 Å². The summed E-state index contributed by atoms with van der Waals surface area (Å²) in [4.78, 5) is 0. The van der Waals surface area contributed by atoms with Crippen molar-refractivity contribution in [1.29, 1.82) is 0 Å². The van der Waals surface area contributed by atoms with Crippen molar-refractivity contribution in [2.45, 2.75) is 44.8 Å². The minimum absolute atomic E-state index is 0.188. The maximum atomic E-state index is 6.10. The third-order valence-electron chi connectivity index (χ3n) is 3.13. The lowest BCUT2D eigenvalue weighted by Gasteiger charge is -2.28. The lowest BCUT2D eigenvalue weighted by Crippen LogP contribution is -2.38. The van der Waals surface area contributed by atoms with Gasteiger partial charge in [0.25, 0.3) is 0 Å². The number of methoxy groups -OCH3 is 1. The number of hydrogen-bond acceptors (Lipinski definition) is 3. The highest BCUT2D eigenvalue weighted by atomic mass is 16.5. The summed E-state index contributed by atoms with van der Waals surface area (Å²) in [5.74, 6) is 0.739. The molecule has 2 N–H and O–H groups in total. The monoisotopic (exact) mass is 201 g/mol. The van der Waals surface area contributed by atoms with Crippen LogP contribution in [0.1, 0.15) is 32.6 Å². The van der Waals surface area contributed by atoms with Crippen molar-refractivity contribution in [1.82, 2.24) is 0 Å². The predicted molar refractivity (Wildman–Crippen MR) is 57.2 cm³/mol. The first-order valence-corrected chi connectivity index (χ1v) is 5.64. The fourth-order valence-electron chi connectivity index (χ4n) is 2.16. The van der Waals surface area contributed by atoms with E-state index < -0.39 is 0 Å². The van der Waals surface area contributed by atoms with Crippen LogP contribution in [-0.2, 0) is 9.47 Å². The highest BCUT2D eigenvalue weighted by Crippen LogP contribution is 2.21. The van der Waals surface area contributed by atoms with E-state index in [4.69, 9.17) is 15.2 Å². The lowest BCUT2D eigenvalue weighted by atomic mass is 9.90. The van der Waals surface area contributed by atoms with E-state index in [1.54, 1.807) is 7.11 Å². The fraction of sp³-hybridized carbons (Fsp3) is 1.00. The molecule has 0 aliphatic carbocycles. The summed E-state index contributed by atoms with van der Waals surface area (Å²) in [5, 5.41) is 0. The Morgan fingerprint density at radius 1 is 1.43 bits per heavy atom. The van der Waals surface area contributed by atoms with E-state index in [0.717, 1.165) is 44.8 Å². The molecule has 14 heavy (non-hydrogen) atoms. The Hall–Kier alpha value is -0.120. The number of rotatable bonds is 5. The van der Waals surface area contributed by atoms with Crippen LogP contribution in [0, 0.1) is 5.92 Å². The smallest absolute Gasteiger partial charge is 0.0719 e. The van der Waals surface area contributed by atoms with Crippen molar-refractivity contribution < 1.29 is 9.47 Å². The second-order valence-electron chi connectivity index (χ2n) is 4.14. The van der Waals surface area contributed by atoms with Gasteiger partial charge in [-0.3, -0.25) is 0 Å². The summed E-state index contributed by atoms with van der Waals surface area (Å²) >= 11 is 0. The molecule has 2 atom stereocenters. The second kappa shape index (κ2) is 6.38. The fourth-order valence-corrected chi connectivity index (χ4v) is 2.16. The molecule has 3 heteroatoms. The van der Waals surface area contributed by atoms with Crippen LogP contribution < -0.4 is 5.73 Å². The molecule has 0 amide bonds. The predicted octanol–water partition coefficient (Wildman–Crippen LogP) is 1.56. The van der Waals surface area contributed by atoms with Gasteiger partial charge in [0.05, 0.1) is 6.10 Å². The third-order valence-corrected chi connectivity index (χ3v) is 3.13. The van der Waals surface area contributed by atoms with Crippen molar-refractivity contribution in [3.8, 4) is 0 Å². The van der Waals surface area contributed by atoms with Gasteiger partial charge in [0.2, 0.25) is 0 Å². The topological polar surface area (TPSA) is 44.5 Å². The van der Waals surface area contributed by atoms with Crippen LogP contribution in [0.25, 0.3) is 0 Å². The third kappa shape index (κ3) is 3.56. The molecule has 0 saturated carbocycles. The van der Waals surface area contributed by atoms with E-state index in [1.165, 1.54) is 0 Å². The van der Waals surface area contributed by atoms with Crippen molar-refractivity contribution in [3.63, 3.8) is 0 Å². The van der Waals surface area contributed by atoms with Crippen LogP contribution in [0.5, 0.6) is 0 Å². The molecule has 0 bridgehead atoms. The first kappa shape index (κ1) is 12.0. The summed E-state index contributed by atoms with van der Waals surface area (Å²) in [6, 6.07) is 0.188. The molecule has 1 aliphatic rings. The Morgan fingerprint density at radius 2 is 2.07 bits per heavy atom. The summed E-state index contributed by atoms with van der Waals surface area (Å²) in [6.45, 7) is 3.93. The summed E-state index contributed by atoms with van der Waals surface area (Å²) in [6.07, 6.45) is 4.62. The van der Waals surface area contributed by atoms with Crippen molar-refractivity contribution in [2.24, 2.45) is 11.7 Å². The molecule has 0 aromatic carbocycles. The molecule has 1 aliphatic heterocycles. The van der Waals surface area contributed by atoms with Gasteiger partial charge in [-0.25, -0.2) is 0 Å². The maximum absolute atomic E-state index is 6.10. The molecule has 0 radical (unpaired) electrons. The van der Waals surface area contributed by atoms with Gasteiger partial charge in [0.1, 0.15) is 0 Å². The molecule has 1 heterocycles. The maximum Gasteiger partial charge on any atom is 0.0719 e. The zero-order valence-corrected chi connectivity index (χ0v) is 9.37. The van der Waals surface area contributed by atoms with Crippen LogP contribution in [0.15, 0.2) is 0 Å². The Morgan fingerprint density at radius 3 is 2.57 bits per heavy atom. The van der Waals surface area contributed by atoms with E-state index in [1.807, 2.05) is 0 Å². The molecule has 84 valence electrons. The molecular formula is C11H23NO2. The number of nitrogens with two attached hydrogens (primary N) is 1. The highest BCUT2D eigenvalue weighted by Gasteiger charge is 2.21. The average molecular weight is 201 g/mol. The standard InChI is InChI=1S/C11H23NO2/c1-3-11(13-2)10(12)8-9-4-6-14-7-5-9/h9-11H,3-8,12H2,1-2H3. The molecule has 1 fully saturated rings. The molecular weight excluding hydrogens is 178 g/mol. The molecule has 3 nitrogen and oxygen atoms in total. The molecule has 2 unspecified atom stereocenters. The zero-order valence-electron chi connectivity index (χ0n) is 9.37. The summed E-state index contributed by atoms with van der Waals surface area (Å²) in [5.41, 5.74) is 6.10. The van der Waals surface area contributed by atoms with Crippen molar-refractivity contribution in [2.75, 3.05) is 20.3 Å². The average Bonchev–Trinajstić information content (AvgIpc) is 2.21. The number of ether oxygens (including phenoxy) is 2.